The van der Waals surface area contributed by atoms with Crippen LogP contribution in [0.2, 0.25) is 0 Å². The van der Waals surface area contributed by atoms with Gasteiger partial charge >= 0.3 is 0 Å². The van der Waals surface area contributed by atoms with Crippen molar-refractivity contribution in [1.82, 2.24) is 15.3 Å². The molecule has 2 aromatic rings. The van der Waals surface area contributed by atoms with Crippen molar-refractivity contribution in [3.63, 3.8) is 0 Å². The van der Waals surface area contributed by atoms with E-state index in [-0.39, 0.29) is 6.04 Å². The Morgan fingerprint density at radius 1 is 1.37 bits per heavy atom. The molecule has 1 aliphatic carbocycles. The molecule has 2 N–H and O–H groups in total. The monoisotopic (exact) mass is 255 g/mol. The third-order valence-corrected chi connectivity index (χ3v) is 4.05. The maximum absolute atomic E-state index is 4.44. The molecule has 19 heavy (non-hydrogen) atoms. The van der Waals surface area contributed by atoms with Crippen molar-refractivity contribution < 1.29 is 0 Å². The van der Waals surface area contributed by atoms with E-state index in [0.717, 1.165) is 18.3 Å². The molecule has 0 amide bonds. The van der Waals surface area contributed by atoms with Gasteiger partial charge in [-0.15, -0.1) is 0 Å². The first kappa shape index (κ1) is 12.4. The van der Waals surface area contributed by atoms with Crippen LogP contribution < -0.4 is 5.32 Å². The molecule has 1 heterocycles. The molecule has 1 aliphatic rings. The molecule has 1 aromatic carbocycles. The summed E-state index contributed by atoms with van der Waals surface area (Å²) >= 11 is 0. The fraction of sp³-hybridized carbons (Fsp3) is 0.438. The van der Waals surface area contributed by atoms with Gasteiger partial charge in [0.1, 0.15) is 5.82 Å². The summed E-state index contributed by atoms with van der Waals surface area (Å²) < 4.78 is 0. The molecule has 0 radical (unpaired) electrons. The molecule has 3 rings (SSSR count). The van der Waals surface area contributed by atoms with Crippen molar-refractivity contribution in [2.24, 2.45) is 0 Å². The first-order chi connectivity index (χ1) is 9.40. The summed E-state index contributed by atoms with van der Waals surface area (Å²) in [6.07, 6.45) is 7.74. The third kappa shape index (κ3) is 2.43. The molecule has 0 bridgehead atoms. The zero-order valence-electron chi connectivity index (χ0n) is 11.4. The number of aromatic nitrogens is 2. The molecule has 1 atom stereocenters. The van der Waals surface area contributed by atoms with Gasteiger partial charge in [0.25, 0.3) is 0 Å². The van der Waals surface area contributed by atoms with Crippen LogP contribution in [0.1, 0.15) is 55.1 Å². The van der Waals surface area contributed by atoms with Crippen LogP contribution in [0.25, 0.3) is 0 Å². The molecule has 0 aliphatic heterocycles. The highest BCUT2D eigenvalue weighted by Gasteiger charge is 2.26. The molecule has 1 aromatic heterocycles. The largest absolute Gasteiger partial charge is 0.347 e. The second-order valence-electron chi connectivity index (χ2n) is 5.22. The Morgan fingerprint density at radius 2 is 2.21 bits per heavy atom. The van der Waals surface area contributed by atoms with Crippen molar-refractivity contribution >= 4 is 0 Å². The van der Waals surface area contributed by atoms with E-state index in [1.807, 2.05) is 12.4 Å². The van der Waals surface area contributed by atoms with Crippen molar-refractivity contribution in [2.45, 2.75) is 38.1 Å². The first-order valence-corrected chi connectivity index (χ1v) is 7.21. The summed E-state index contributed by atoms with van der Waals surface area (Å²) in [5.74, 6) is 1.75. The minimum Gasteiger partial charge on any atom is -0.347 e. The molecule has 1 fully saturated rings. The Balaban J connectivity index is 1.97. The summed E-state index contributed by atoms with van der Waals surface area (Å²) in [4.78, 5) is 7.69. The van der Waals surface area contributed by atoms with E-state index in [0.29, 0.717) is 0 Å². The lowest BCUT2D eigenvalue weighted by Crippen LogP contribution is -2.25. The molecule has 1 unspecified atom stereocenters. The van der Waals surface area contributed by atoms with Crippen LogP contribution in [0.5, 0.6) is 0 Å². The summed E-state index contributed by atoms with van der Waals surface area (Å²) in [7, 11) is 0. The van der Waals surface area contributed by atoms with Crippen molar-refractivity contribution in [1.29, 1.82) is 0 Å². The maximum Gasteiger partial charge on any atom is 0.127 e. The van der Waals surface area contributed by atoms with Gasteiger partial charge in [0.15, 0.2) is 0 Å². The summed E-state index contributed by atoms with van der Waals surface area (Å²) in [6.45, 7) is 3.08. The van der Waals surface area contributed by atoms with Gasteiger partial charge in [-0.25, -0.2) is 4.98 Å². The number of hydrogen-bond donors (Lipinski definition) is 2. The highest BCUT2D eigenvalue weighted by molar-refractivity contribution is 5.37. The van der Waals surface area contributed by atoms with Crippen LogP contribution in [0.15, 0.2) is 36.7 Å². The van der Waals surface area contributed by atoms with Crippen LogP contribution in [0, 0.1) is 0 Å². The van der Waals surface area contributed by atoms with Gasteiger partial charge in [0, 0.05) is 12.4 Å². The van der Waals surface area contributed by atoms with Gasteiger partial charge in [-0.05, 0) is 36.4 Å². The zero-order chi connectivity index (χ0) is 13.1. The Kier molecular flexibility index (Phi) is 3.65. The van der Waals surface area contributed by atoms with E-state index in [1.165, 1.54) is 30.4 Å². The molecular weight excluding hydrogens is 234 g/mol. The number of nitrogens with one attached hydrogen (secondary N) is 2. The average molecular weight is 255 g/mol. The first-order valence-electron chi connectivity index (χ1n) is 7.21. The molecule has 0 saturated heterocycles. The summed E-state index contributed by atoms with van der Waals surface area (Å²) in [5.41, 5.74) is 2.88. The van der Waals surface area contributed by atoms with E-state index >= 15 is 0 Å². The quantitative estimate of drug-likeness (QED) is 0.860. The predicted molar refractivity (Wildman–Crippen MR) is 77.1 cm³/mol. The van der Waals surface area contributed by atoms with Gasteiger partial charge in [-0.2, -0.15) is 0 Å². The number of nitrogens with zero attached hydrogens (tertiary/aromatic N) is 1. The topological polar surface area (TPSA) is 40.7 Å². The summed E-state index contributed by atoms with van der Waals surface area (Å²) in [6, 6.07) is 8.99. The Labute approximate surface area is 114 Å². The second kappa shape index (κ2) is 5.57. The maximum atomic E-state index is 4.44. The van der Waals surface area contributed by atoms with Crippen LogP contribution in [0.3, 0.4) is 0 Å². The van der Waals surface area contributed by atoms with E-state index in [9.17, 15) is 0 Å². The van der Waals surface area contributed by atoms with E-state index in [1.54, 1.807) is 0 Å². The minimum absolute atomic E-state index is 0.178. The minimum atomic E-state index is 0.178. The van der Waals surface area contributed by atoms with Crippen molar-refractivity contribution in [3.8, 4) is 0 Å². The lowest BCUT2D eigenvalue weighted by atomic mass is 9.77. The fourth-order valence-electron chi connectivity index (χ4n) is 2.86. The van der Waals surface area contributed by atoms with Crippen LogP contribution in [0.4, 0.5) is 0 Å². The molecule has 0 spiro atoms. The summed E-state index contributed by atoms with van der Waals surface area (Å²) in [5, 5.41) is 3.55. The number of imidazole rings is 1. The highest BCUT2D eigenvalue weighted by atomic mass is 15.0. The Morgan fingerprint density at radius 3 is 2.84 bits per heavy atom. The molecular formula is C16H21N3. The normalized spacial score (nSPS) is 17.1. The van der Waals surface area contributed by atoms with Gasteiger partial charge < -0.3 is 10.3 Å². The molecule has 1 saturated carbocycles. The number of rotatable bonds is 5. The molecule has 3 nitrogen and oxygen atoms in total. The van der Waals surface area contributed by atoms with Gasteiger partial charge in [0.2, 0.25) is 0 Å². The zero-order valence-corrected chi connectivity index (χ0v) is 11.4. The molecule has 100 valence electrons. The predicted octanol–water partition coefficient (Wildman–Crippen LogP) is 3.38. The van der Waals surface area contributed by atoms with Gasteiger partial charge in [0.05, 0.1) is 6.04 Å². The smallest absolute Gasteiger partial charge is 0.127 e. The standard InChI is InChI=1S/C16H21N3/c1-2-17-15(16-18-10-11-19-16)14-9-4-3-8-13(14)12-6-5-7-12/h3-4,8-12,15,17H,2,5-7H2,1H3,(H,18,19). The number of hydrogen-bond acceptors (Lipinski definition) is 2. The average Bonchev–Trinajstić information content (AvgIpc) is 2.88. The van der Waals surface area contributed by atoms with Gasteiger partial charge in [-0.1, -0.05) is 37.6 Å². The van der Waals surface area contributed by atoms with E-state index in [4.69, 9.17) is 0 Å². The number of benzene rings is 1. The third-order valence-electron chi connectivity index (χ3n) is 4.05. The van der Waals surface area contributed by atoms with Crippen molar-refractivity contribution in [2.75, 3.05) is 6.54 Å². The highest BCUT2D eigenvalue weighted by Crippen LogP contribution is 2.40. The van der Waals surface area contributed by atoms with E-state index < -0.39 is 0 Å². The molecule has 3 heteroatoms. The van der Waals surface area contributed by atoms with Crippen LogP contribution in [-0.2, 0) is 0 Å². The fourth-order valence-corrected chi connectivity index (χ4v) is 2.86. The lowest BCUT2D eigenvalue weighted by Gasteiger charge is -2.30. The lowest BCUT2D eigenvalue weighted by molar-refractivity contribution is 0.414. The SMILES string of the molecule is CCNC(c1ncc[nH]1)c1ccccc1C1CCC1. The number of H-pyrrole nitrogens is 1. The van der Waals surface area contributed by atoms with E-state index in [2.05, 4.69) is 46.5 Å². The second-order valence-corrected chi connectivity index (χ2v) is 5.22. The van der Waals surface area contributed by atoms with Crippen LogP contribution in [-0.4, -0.2) is 16.5 Å². The Hall–Kier alpha value is -1.61. The number of aromatic amines is 1. The van der Waals surface area contributed by atoms with Gasteiger partial charge in [-0.3, -0.25) is 0 Å². The van der Waals surface area contributed by atoms with Crippen molar-refractivity contribution in [3.05, 3.63) is 53.6 Å². The van der Waals surface area contributed by atoms with Crippen LogP contribution >= 0.6 is 0 Å². The Bertz CT molecular complexity index is 515.